The predicted octanol–water partition coefficient (Wildman–Crippen LogP) is 2.93. The molecule has 1 aliphatic rings. The summed E-state index contributed by atoms with van der Waals surface area (Å²) in [4.78, 5) is 19.5. The van der Waals surface area contributed by atoms with Gasteiger partial charge in [-0.2, -0.15) is 0 Å². The summed E-state index contributed by atoms with van der Waals surface area (Å²) < 4.78 is 10.7. The van der Waals surface area contributed by atoms with E-state index < -0.39 is 6.10 Å². The zero-order valence-corrected chi connectivity index (χ0v) is 16.5. The number of ether oxygens (including phenoxy) is 2. The summed E-state index contributed by atoms with van der Waals surface area (Å²) >= 11 is 0. The van der Waals surface area contributed by atoms with Crippen LogP contribution < -0.4 is 9.47 Å². The number of fused-ring (bicyclic) bond motifs is 1. The summed E-state index contributed by atoms with van der Waals surface area (Å²) in [6, 6.07) is 17.2. The van der Waals surface area contributed by atoms with Crippen molar-refractivity contribution in [2.45, 2.75) is 12.5 Å². The standard InChI is InChI=1S/C23H24N2O4/c1-28-21-9-5-7-18(22(21)29-2)23(27)25-13-16(20(26)14-25)12-17-11-10-15-6-3-4-8-19(15)24-17/h3-11,16,20,26H,12-14H2,1-2H3/t16-,20-/m1/s1. The van der Waals surface area contributed by atoms with Crippen LogP contribution in [0.2, 0.25) is 0 Å². The van der Waals surface area contributed by atoms with Crippen molar-refractivity contribution in [3.8, 4) is 11.5 Å². The van der Waals surface area contributed by atoms with Gasteiger partial charge in [0.1, 0.15) is 0 Å². The molecule has 2 atom stereocenters. The summed E-state index contributed by atoms with van der Waals surface area (Å²) in [6.07, 6.45) is 0.0224. The molecule has 0 saturated carbocycles. The summed E-state index contributed by atoms with van der Waals surface area (Å²) in [7, 11) is 3.06. The van der Waals surface area contributed by atoms with Crippen molar-refractivity contribution < 1.29 is 19.4 Å². The molecule has 150 valence electrons. The molecular weight excluding hydrogens is 368 g/mol. The predicted molar refractivity (Wildman–Crippen MR) is 110 cm³/mol. The Kier molecular flexibility index (Phi) is 5.36. The molecule has 1 aliphatic heterocycles. The first kappa shape index (κ1) is 19.2. The van der Waals surface area contributed by atoms with Crippen molar-refractivity contribution in [2.24, 2.45) is 5.92 Å². The summed E-state index contributed by atoms with van der Waals surface area (Å²) in [5, 5.41) is 11.7. The minimum absolute atomic E-state index is 0.0655. The number of para-hydroxylation sites is 2. The lowest BCUT2D eigenvalue weighted by Gasteiger charge is -2.19. The fourth-order valence-electron chi connectivity index (χ4n) is 3.94. The van der Waals surface area contributed by atoms with Crippen LogP contribution in [0.25, 0.3) is 10.9 Å². The largest absolute Gasteiger partial charge is 0.493 e. The number of aliphatic hydroxyl groups is 1. The SMILES string of the molecule is COc1cccc(C(=O)N2C[C@@H](Cc3ccc4ccccc4n3)[C@H](O)C2)c1OC. The minimum atomic E-state index is -0.594. The quantitative estimate of drug-likeness (QED) is 0.723. The van der Waals surface area contributed by atoms with Crippen LogP contribution >= 0.6 is 0 Å². The maximum absolute atomic E-state index is 13.1. The van der Waals surface area contributed by atoms with Crippen LogP contribution in [0.4, 0.5) is 0 Å². The highest BCUT2D eigenvalue weighted by Gasteiger charge is 2.35. The Bertz CT molecular complexity index is 1040. The number of hydrogen-bond acceptors (Lipinski definition) is 5. The van der Waals surface area contributed by atoms with Crippen molar-refractivity contribution >= 4 is 16.8 Å². The van der Waals surface area contributed by atoms with Crippen LogP contribution in [0.3, 0.4) is 0 Å². The number of carbonyl (C=O) groups excluding carboxylic acids is 1. The Labute approximate surface area is 169 Å². The molecule has 6 heteroatoms. The molecule has 2 heterocycles. The number of nitrogens with zero attached hydrogens (tertiary/aromatic N) is 2. The number of benzene rings is 2. The molecule has 29 heavy (non-hydrogen) atoms. The summed E-state index contributed by atoms with van der Waals surface area (Å²) in [5.41, 5.74) is 2.29. The van der Waals surface area contributed by atoms with Crippen molar-refractivity contribution in [1.82, 2.24) is 9.88 Å². The molecule has 0 unspecified atom stereocenters. The Balaban J connectivity index is 1.51. The van der Waals surface area contributed by atoms with Gasteiger partial charge in [0.15, 0.2) is 11.5 Å². The van der Waals surface area contributed by atoms with Gasteiger partial charge in [0.2, 0.25) is 0 Å². The van der Waals surface area contributed by atoms with E-state index in [4.69, 9.17) is 14.5 Å². The molecule has 1 amide bonds. The molecule has 1 aromatic heterocycles. The number of aliphatic hydroxyl groups excluding tert-OH is 1. The Morgan fingerprint density at radius 3 is 2.69 bits per heavy atom. The Hall–Kier alpha value is -3.12. The summed E-state index contributed by atoms with van der Waals surface area (Å²) in [5.74, 6) is 0.683. The molecule has 2 aromatic carbocycles. The smallest absolute Gasteiger partial charge is 0.257 e. The molecule has 1 saturated heterocycles. The van der Waals surface area contributed by atoms with Gasteiger partial charge in [0.25, 0.3) is 5.91 Å². The molecule has 6 nitrogen and oxygen atoms in total. The molecule has 0 radical (unpaired) electrons. The van der Waals surface area contributed by atoms with Gasteiger partial charge >= 0.3 is 0 Å². The van der Waals surface area contributed by atoms with E-state index >= 15 is 0 Å². The second-order valence-electron chi connectivity index (χ2n) is 7.28. The van der Waals surface area contributed by atoms with E-state index in [-0.39, 0.29) is 18.4 Å². The Morgan fingerprint density at radius 2 is 1.90 bits per heavy atom. The number of carbonyl (C=O) groups is 1. The van der Waals surface area contributed by atoms with Gasteiger partial charge < -0.3 is 19.5 Å². The minimum Gasteiger partial charge on any atom is -0.493 e. The zero-order chi connectivity index (χ0) is 20.4. The molecular formula is C23H24N2O4. The number of aromatic nitrogens is 1. The van der Waals surface area contributed by atoms with Gasteiger partial charge in [0.05, 0.1) is 31.4 Å². The number of methoxy groups -OCH3 is 2. The normalized spacial score (nSPS) is 18.8. The molecule has 0 bridgehead atoms. The Morgan fingerprint density at radius 1 is 1.07 bits per heavy atom. The number of likely N-dealkylation sites (tertiary alicyclic amines) is 1. The fourth-order valence-corrected chi connectivity index (χ4v) is 3.94. The van der Waals surface area contributed by atoms with E-state index in [1.165, 1.54) is 14.2 Å². The number of hydrogen-bond donors (Lipinski definition) is 1. The van der Waals surface area contributed by atoms with Crippen molar-refractivity contribution in [1.29, 1.82) is 0 Å². The molecule has 1 fully saturated rings. The van der Waals surface area contributed by atoms with Crippen molar-refractivity contribution in [3.63, 3.8) is 0 Å². The van der Waals surface area contributed by atoms with Gasteiger partial charge in [-0.25, -0.2) is 0 Å². The van der Waals surface area contributed by atoms with Gasteiger partial charge in [-0.05, 0) is 30.7 Å². The molecule has 1 N–H and O–H groups in total. The summed E-state index contributed by atoms with van der Waals surface area (Å²) in [6.45, 7) is 0.756. The first-order valence-electron chi connectivity index (χ1n) is 9.63. The van der Waals surface area contributed by atoms with E-state index in [1.807, 2.05) is 36.4 Å². The van der Waals surface area contributed by atoms with E-state index in [0.29, 0.717) is 30.0 Å². The third kappa shape index (κ3) is 3.76. The maximum Gasteiger partial charge on any atom is 0.257 e. The van der Waals surface area contributed by atoms with Crippen LogP contribution in [0, 0.1) is 5.92 Å². The van der Waals surface area contributed by atoms with E-state index in [9.17, 15) is 9.90 Å². The molecule has 4 rings (SSSR count). The second-order valence-corrected chi connectivity index (χ2v) is 7.28. The second kappa shape index (κ2) is 8.09. The lowest BCUT2D eigenvalue weighted by Crippen LogP contribution is -2.30. The third-order valence-corrected chi connectivity index (χ3v) is 5.45. The van der Waals surface area contributed by atoms with E-state index in [0.717, 1.165) is 16.6 Å². The van der Waals surface area contributed by atoms with Crippen molar-refractivity contribution in [2.75, 3.05) is 27.3 Å². The maximum atomic E-state index is 13.1. The van der Waals surface area contributed by atoms with Gasteiger partial charge in [-0.15, -0.1) is 0 Å². The average Bonchev–Trinajstić information content (AvgIpc) is 3.12. The van der Waals surface area contributed by atoms with Gasteiger partial charge in [-0.3, -0.25) is 9.78 Å². The fraction of sp³-hybridized carbons (Fsp3) is 0.304. The first-order valence-corrected chi connectivity index (χ1v) is 9.63. The van der Waals surface area contributed by atoms with Crippen LogP contribution in [0.15, 0.2) is 54.6 Å². The van der Waals surface area contributed by atoms with Gasteiger partial charge in [0, 0.05) is 30.1 Å². The highest BCUT2D eigenvalue weighted by Crippen LogP contribution is 2.33. The van der Waals surface area contributed by atoms with Crippen molar-refractivity contribution in [3.05, 3.63) is 65.9 Å². The van der Waals surface area contributed by atoms with E-state index in [1.54, 1.807) is 23.1 Å². The topological polar surface area (TPSA) is 71.9 Å². The van der Waals surface area contributed by atoms with E-state index in [2.05, 4.69) is 0 Å². The van der Waals surface area contributed by atoms with Crippen LogP contribution in [-0.2, 0) is 6.42 Å². The van der Waals surface area contributed by atoms with Crippen LogP contribution in [-0.4, -0.2) is 54.3 Å². The highest BCUT2D eigenvalue weighted by molar-refractivity contribution is 5.98. The number of pyridine rings is 1. The third-order valence-electron chi connectivity index (χ3n) is 5.45. The number of rotatable bonds is 5. The molecule has 0 spiro atoms. The lowest BCUT2D eigenvalue weighted by molar-refractivity contribution is 0.0760. The van der Waals surface area contributed by atoms with Crippen LogP contribution in [0.1, 0.15) is 16.1 Å². The van der Waals surface area contributed by atoms with Gasteiger partial charge in [-0.1, -0.05) is 30.3 Å². The van der Waals surface area contributed by atoms with Crippen LogP contribution in [0.5, 0.6) is 11.5 Å². The highest BCUT2D eigenvalue weighted by atomic mass is 16.5. The molecule has 3 aromatic rings. The lowest BCUT2D eigenvalue weighted by atomic mass is 9.99. The molecule has 0 aliphatic carbocycles. The monoisotopic (exact) mass is 392 g/mol. The number of β-amino-alcohol motifs (C(OH)–C–C–N with tert-alkyl or cyclic N) is 1. The first-order chi connectivity index (χ1) is 14.1. The zero-order valence-electron chi connectivity index (χ0n) is 16.5. The average molecular weight is 392 g/mol. The number of amides is 1.